The molecule has 2 aromatic rings. The summed E-state index contributed by atoms with van der Waals surface area (Å²) in [7, 11) is 1.55. The van der Waals surface area contributed by atoms with E-state index in [1.165, 1.54) is 6.07 Å². The van der Waals surface area contributed by atoms with E-state index in [1.54, 1.807) is 31.3 Å². The quantitative estimate of drug-likeness (QED) is 0.798. The van der Waals surface area contributed by atoms with Crippen molar-refractivity contribution in [1.29, 1.82) is 0 Å². The molecule has 0 saturated heterocycles. The summed E-state index contributed by atoms with van der Waals surface area (Å²) in [5.74, 6) is -0.175. The Labute approximate surface area is 97.7 Å². The van der Waals surface area contributed by atoms with Gasteiger partial charge in [-0.1, -0.05) is 17.7 Å². The highest BCUT2D eigenvalue weighted by Crippen LogP contribution is 2.28. The molecular formula is C12H10ClNO2. The number of rotatable bonds is 1. The van der Waals surface area contributed by atoms with Crippen LogP contribution in [0, 0.1) is 0 Å². The lowest BCUT2D eigenvalue weighted by Crippen LogP contribution is -2.17. The molecule has 0 aliphatic heterocycles. The van der Waals surface area contributed by atoms with Gasteiger partial charge in [-0.25, -0.2) is 0 Å². The Morgan fingerprint density at radius 1 is 1.31 bits per heavy atom. The van der Waals surface area contributed by atoms with Crippen molar-refractivity contribution in [1.82, 2.24) is 5.32 Å². The topological polar surface area (TPSA) is 49.3 Å². The molecule has 0 aliphatic rings. The number of halogens is 1. The Morgan fingerprint density at radius 2 is 2.06 bits per heavy atom. The number of phenolic OH excluding ortho intramolecular Hbond substituents is 1. The molecular weight excluding hydrogens is 226 g/mol. The van der Waals surface area contributed by atoms with E-state index in [2.05, 4.69) is 5.32 Å². The second-order valence-corrected chi connectivity index (χ2v) is 3.88. The third-order valence-electron chi connectivity index (χ3n) is 2.38. The maximum Gasteiger partial charge on any atom is 0.251 e. The van der Waals surface area contributed by atoms with Gasteiger partial charge in [0, 0.05) is 23.0 Å². The molecule has 0 aliphatic carbocycles. The fourth-order valence-corrected chi connectivity index (χ4v) is 1.76. The minimum atomic E-state index is -0.229. The third-order valence-corrected chi connectivity index (χ3v) is 2.62. The fourth-order valence-electron chi connectivity index (χ4n) is 1.59. The largest absolute Gasteiger partial charge is 0.507 e. The zero-order chi connectivity index (χ0) is 11.7. The zero-order valence-corrected chi connectivity index (χ0v) is 9.38. The maximum absolute atomic E-state index is 11.4. The minimum absolute atomic E-state index is 0.0543. The van der Waals surface area contributed by atoms with E-state index < -0.39 is 0 Å². The number of carbonyl (C=O) groups is 1. The van der Waals surface area contributed by atoms with E-state index in [9.17, 15) is 9.90 Å². The summed E-state index contributed by atoms with van der Waals surface area (Å²) in [5.41, 5.74) is 0.426. The molecule has 0 aromatic heterocycles. The summed E-state index contributed by atoms with van der Waals surface area (Å²) in [5, 5.41) is 14.3. The lowest BCUT2D eigenvalue weighted by molar-refractivity contribution is 0.0963. The molecule has 2 aromatic carbocycles. The standard InChI is InChI=1S/C12H10ClNO2/c1-14-12(16)8-4-7-2-3-9(13)6-10(7)11(15)5-8/h2-6,15H,1H3,(H,14,16). The number of carbonyl (C=O) groups excluding carboxylic acids is 1. The van der Waals surface area contributed by atoms with Gasteiger partial charge in [0.1, 0.15) is 5.75 Å². The highest BCUT2D eigenvalue weighted by Gasteiger charge is 2.08. The van der Waals surface area contributed by atoms with Crippen LogP contribution in [-0.2, 0) is 0 Å². The Bertz CT molecular complexity index is 566. The predicted molar refractivity (Wildman–Crippen MR) is 64.0 cm³/mol. The van der Waals surface area contributed by atoms with Crippen molar-refractivity contribution in [3.63, 3.8) is 0 Å². The van der Waals surface area contributed by atoms with Gasteiger partial charge in [0.2, 0.25) is 0 Å². The summed E-state index contributed by atoms with van der Waals surface area (Å²) in [4.78, 5) is 11.4. The van der Waals surface area contributed by atoms with E-state index in [0.29, 0.717) is 16.0 Å². The second-order valence-electron chi connectivity index (χ2n) is 3.44. The van der Waals surface area contributed by atoms with Crippen molar-refractivity contribution < 1.29 is 9.90 Å². The van der Waals surface area contributed by atoms with Crippen LogP contribution in [0.1, 0.15) is 10.4 Å². The first-order valence-electron chi connectivity index (χ1n) is 4.76. The second kappa shape index (κ2) is 4.02. The highest BCUT2D eigenvalue weighted by atomic mass is 35.5. The van der Waals surface area contributed by atoms with Crippen molar-refractivity contribution in [2.45, 2.75) is 0 Å². The molecule has 0 fully saturated rings. The molecule has 0 radical (unpaired) electrons. The van der Waals surface area contributed by atoms with Gasteiger partial charge in [-0.2, -0.15) is 0 Å². The number of hydrogen-bond acceptors (Lipinski definition) is 2. The molecule has 0 saturated carbocycles. The summed E-state index contributed by atoms with van der Waals surface area (Å²) in [6.07, 6.45) is 0. The molecule has 2 N–H and O–H groups in total. The molecule has 82 valence electrons. The van der Waals surface area contributed by atoms with Crippen LogP contribution in [0.25, 0.3) is 10.8 Å². The van der Waals surface area contributed by atoms with Crippen LogP contribution in [0.4, 0.5) is 0 Å². The van der Waals surface area contributed by atoms with Crippen LogP contribution < -0.4 is 5.32 Å². The van der Waals surface area contributed by atoms with E-state index in [4.69, 9.17) is 11.6 Å². The number of hydrogen-bond donors (Lipinski definition) is 2. The van der Waals surface area contributed by atoms with Crippen LogP contribution >= 0.6 is 11.6 Å². The van der Waals surface area contributed by atoms with E-state index in [-0.39, 0.29) is 11.7 Å². The summed E-state index contributed by atoms with van der Waals surface area (Å²) < 4.78 is 0. The van der Waals surface area contributed by atoms with E-state index in [1.807, 2.05) is 0 Å². The number of phenols is 1. The number of aromatic hydroxyl groups is 1. The minimum Gasteiger partial charge on any atom is -0.507 e. The average molecular weight is 236 g/mol. The molecule has 0 bridgehead atoms. The van der Waals surface area contributed by atoms with Crippen molar-refractivity contribution >= 4 is 28.3 Å². The van der Waals surface area contributed by atoms with E-state index >= 15 is 0 Å². The van der Waals surface area contributed by atoms with Gasteiger partial charge in [0.25, 0.3) is 5.91 Å². The monoisotopic (exact) mass is 235 g/mol. The first kappa shape index (κ1) is 10.8. The Balaban J connectivity index is 2.68. The van der Waals surface area contributed by atoms with Crippen molar-refractivity contribution in [3.8, 4) is 5.75 Å². The molecule has 4 heteroatoms. The Morgan fingerprint density at radius 3 is 2.75 bits per heavy atom. The van der Waals surface area contributed by atoms with Gasteiger partial charge in [-0.15, -0.1) is 0 Å². The maximum atomic E-state index is 11.4. The van der Waals surface area contributed by atoms with Crippen LogP contribution in [0.3, 0.4) is 0 Å². The Kier molecular flexibility index (Phi) is 2.71. The molecule has 0 heterocycles. The molecule has 0 spiro atoms. The highest BCUT2D eigenvalue weighted by molar-refractivity contribution is 6.31. The average Bonchev–Trinajstić information content (AvgIpc) is 2.28. The van der Waals surface area contributed by atoms with Crippen molar-refractivity contribution in [2.24, 2.45) is 0 Å². The van der Waals surface area contributed by atoms with E-state index in [0.717, 1.165) is 5.39 Å². The number of fused-ring (bicyclic) bond motifs is 1. The SMILES string of the molecule is CNC(=O)c1cc(O)c2cc(Cl)ccc2c1. The first-order chi connectivity index (χ1) is 7.61. The molecule has 16 heavy (non-hydrogen) atoms. The van der Waals surface area contributed by atoms with Crippen LogP contribution in [0.2, 0.25) is 5.02 Å². The van der Waals surface area contributed by atoms with Crippen molar-refractivity contribution in [2.75, 3.05) is 7.05 Å². The van der Waals surface area contributed by atoms with Gasteiger partial charge in [-0.05, 0) is 29.7 Å². The molecule has 1 amide bonds. The normalized spacial score (nSPS) is 10.4. The fraction of sp³-hybridized carbons (Fsp3) is 0.0833. The first-order valence-corrected chi connectivity index (χ1v) is 5.14. The lowest BCUT2D eigenvalue weighted by Gasteiger charge is -2.05. The zero-order valence-electron chi connectivity index (χ0n) is 8.62. The summed E-state index contributed by atoms with van der Waals surface area (Å²) in [6, 6.07) is 8.29. The number of benzene rings is 2. The van der Waals surface area contributed by atoms with Gasteiger partial charge in [-0.3, -0.25) is 4.79 Å². The molecule has 3 nitrogen and oxygen atoms in total. The lowest BCUT2D eigenvalue weighted by atomic mass is 10.1. The number of nitrogens with one attached hydrogen (secondary N) is 1. The molecule has 2 rings (SSSR count). The van der Waals surface area contributed by atoms with Gasteiger partial charge < -0.3 is 10.4 Å². The van der Waals surface area contributed by atoms with Gasteiger partial charge in [0.05, 0.1) is 0 Å². The third kappa shape index (κ3) is 1.82. The van der Waals surface area contributed by atoms with Crippen LogP contribution in [0.15, 0.2) is 30.3 Å². The molecule has 0 unspecified atom stereocenters. The summed E-state index contributed by atoms with van der Waals surface area (Å²) >= 11 is 5.83. The van der Waals surface area contributed by atoms with Crippen LogP contribution in [-0.4, -0.2) is 18.1 Å². The predicted octanol–water partition coefficient (Wildman–Crippen LogP) is 2.56. The number of amides is 1. The Hall–Kier alpha value is -1.74. The summed E-state index contributed by atoms with van der Waals surface area (Å²) in [6.45, 7) is 0. The van der Waals surface area contributed by atoms with Crippen LogP contribution in [0.5, 0.6) is 5.75 Å². The van der Waals surface area contributed by atoms with Gasteiger partial charge in [0.15, 0.2) is 0 Å². The van der Waals surface area contributed by atoms with Gasteiger partial charge >= 0.3 is 0 Å². The smallest absolute Gasteiger partial charge is 0.251 e. The van der Waals surface area contributed by atoms with Crippen molar-refractivity contribution in [3.05, 3.63) is 40.9 Å². The molecule has 0 atom stereocenters.